The van der Waals surface area contributed by atoms with E-state index in [0.717, 1.165) is 5.56 Å². The summed E-state index contributed by atoms with van der Waals surface area (Å²) in [7, 11) is 0. The van der Waals surface area contributed by atoms with E-state index < -0.39 is 0 Å². The van der Waals surface area contributed by atoms with Crippen LogP contribution in [0.15, 0.2) is 29.3 Å². The molecule has 2 nitrogen and oxygen atoms in total. The summed E-state index contributed by atoms with van der Waals surface area (Å²) in [5.41, 5.74) is 1.73. The van der Waals surface area contributed by atoms with Gasteiger partial charge in [-0.2, -0.15) is 0 Å². The third kappa shape index (κ3) is 0.963. The minimum Gasteiger partial charge on any atom is -0.267 e. The number of carbonyl (C=O) groups excluding carboxylic acids is 1. The van der Waals surface area contributed by atoms with Gasteiger partial charge in [0.2, 0.25) is 0 Å². The fourth-order valence-corrected chi connectivity index (χ4v) is 1.14. The summed E-state index contributed by atoms with van der Waals surface area (Å²) in [5, 5.41) is 0. The van der Waals surface area contributed by atoms with Crippen molar-refractivity contribution in [1.29, 1.82) is 0 Å². The first-order valence-electron chi connectivity index (χ1n) is 3.44. The van der Waals surface area contributed by atoms with Crippen molar-refractivity contribution in [1.82, 2.24) is 0 Å². The van der Waals surface area contributed by atoms with Gasteiger partial charge in [0.1, 0.15) is 0 Å². The van der Waals surface area contributed by atoms with Crippen LogP contribution in [0.2, 0.25) is 0 Å². The molecule has 1 aliphatic rings. The largest absolute Gasteiger partial charge is 0.277 e. The van der Waals surface area contributed by atoms with Crippen molar-refractivity contribution in [2.24, 2.45) is 4.99 Å². The lowest BCUT2D eigenvalue weighted by Crippen LogP contribution is -2.07. The van der Waals surface area contributed by atoms with Crippen LogP contribution in [0.25, 0.3) is 0 Å². The standard InChI is InChI=1S/C9H6NO/c11-9-8-4-2-1-3-7(8)5-6-10-9/h1-4H,5H2. The summed E-state index contributed by atoms with van der Waals surface area (Å²) in [6.45, 7) is 0. The Morgan fingerprint density at radius 3 is 3.00 bits per heavy atom. The summed E-state index contributed by atoms with van der Waals surface area (Å²) in [4.78, 5) is 14.6. The lowest BCUT2D eigenvalue weighted by atomic mass is 10.0. The average Bonchev–Trinajstić information content (AvgIpc) is 2.06. The lowest BCUT2D eigenvalue weighted by Gasteiger charge is -2.05. The van der Waals surface area contributed by atoms with E-state index in [1.165, 1.54) is 0 Å². The number of hydrogen-bond donors (Lipinski definition) is 0. The molecular formula is C9H6NO. The van der Waals surface area contributed by atoms with Crippen LogP contribution in [-0.2, 0) is 6.42 Å². The molecule has 11 heavy (non-hydrogen) atoms. The Bertz CT molecular complexity index is 328. The summed E-state index contributed by atoms with van der Waals surface area (Å²) in [6, 6.07) is 7.48. The highest BCUT2D eigenvalue weighted by molar-refractivity contribution is 6.03. The van der Waals surface area contributed by atoms with Gasteiger partial charge in [0.25, 0.3) is 5.91 Å². The van der Waals surface area contributed by atoms with Crippen molar-refractivity contribution >= 4 is 12.1 Å². The van der Waals surface area contributed by atoms with Crippen LogP contribution in [-0.4, -0.2) is 12.1 Å². The second-order valence-corrected chi connectivity index (χ2v) is 2.41. The molecule has 0 saturated carbocycles. The molecule has 0 unspecified atom stereocenters. The normalized spacial score (nSPS) is 14.7. The summed E-state index contributed by atoms with van der Waals surface area (Å²) < 4.78 is 0. The van der Waals surface area contributed by atoms with Gasteiger partial charge in [0, 0.05) is 12.0 Å². The predicted molar refractivity (Wildman–Crippen MR) is 41.9 cm³/mol. The van der Waals surface area contributed by atoms with Crippen LogP contribution in [0, 0.1) is 0 Å². The second kappa shape index (κ2) is 2.31. The lowest BCUT2D eigenvalue weighted by molar-refractivity contribution is 0.100. The molecule has 1 aromatic rings. The highest BCUT2D eigenvalue weighted by Gasteiger charge is 2.11. The molecule has 0 atom stereocenters. The average molecular weight is 144 g/mol. The van der Waals surface area contributed by atoms with Gasteiger partial charge in [-0.3, -0.25) is 4.79 Å². The van der Waals surface area contributed by atoms with Crippen molar-refractivity contribution in [3.8, 4) is 0 Å². The van der Waals surface area contributed by atoms with Gasteiger partial charge in [-0.25, -0.2) is 4.99 Å². The van der Waals surface area contributed by atoms with Crippen LogP contribution < -0.4 is 0 Å². The van der Waals surface area contributed by atoms with E-state index in [9.17, 15) is 4.79 Å². The highest BCUT2D eigenvalue weighted by Crippen LogP contribution is 2.13. The van der Waals surface area contributed by atoms with E-state index in [1.807, 2.05) is 18.2 Å². The molecule has 53 valence electrons. The number of carbonyl (C=O) groups is 1. The topological polar surface area (TPSA) is 29.4 Å². The summed E-state index contributed by atoms with van der Waals surface area (Å²) in [6.07, 6.45) is 3.32. The van der Waals surface area contributed by atoms with Crippen LogP contribution in [0.5, 0.6) is 0 Å². The zero-order chi connectivity index (χ0) is 7.68. The second-order valence-electron chi connectivity index (χ2n) is 2.41. The fraction of sp³-hybridized carbons (Fsp3) is 0.111. The van der Waals surface area contributed by atoms with Gasteiger partial charge in [-0.1, -0.05) is 18.2 Å². The number of nitrogens with zero attached hydrogens (tertiary/aromatic N) is 1. The van der Waals surface area contributed by atoms with Crippen LogP contribution >= 0.6 is 0 Å². The van der Waals surface area contributed by atoms with Crippen LogP contribution in [0.1, 0.15) is 15.9 Å². The van der Waals surface area contributed by atoms with Gasteiger partial charge >= 0.3 is 0 Å². The van der Waals surface area contributed by atoms with Crippen molar-refractivity contribution in [2.45, 2.75) is 6.42 Å². The molecule has 1 aliphatic heterocycles. The molecule has 0 spiro atoms. The minimum absolute atomic E-state index is 0.174. The molecule has 0 aromatic heterocycles. The summed E-state index contributed by atoms with van der Waals surface area (Å²) >= 11 is 0. The number of aliphatic imine (C=N–C) groups is 1. The molecule has 0 saturated heterocycles. The van der Waals surface area contributed by atoms with Gasteiger partial charge < -0.3 is 0 Å². The zero-order valence-electron chi connectivity index (χ0n) is 5.87. The zero-order valence-corrected chi connectivity index (χ0v) is 5.87. The number of rotatable bonds is 0. The van der Waals surface area contributed by atoms with Crippen LogP contribution in [0.4, 0.5) is 0 Å². The summed E-state index contributed by atoms with van der Waals surface area (Å²) in [5.74, 6) is -0.174. The molecule has 1 heterocycles. The van der Waals surface area contributed by atoms with E-state index in [2.05, 4.69) is 11.2 Å². The maximum Gasteiger partial charge on any atom is 0.277 e. The maximum atomic E-state index is 11.1. The van der Waals surface area contributed by atoms with Gasteiger partial charge in [-0.05, 0) is 11.6 Å². The van der Waals surface area contributed by atoms with Crippen molar-refractivity contribution in [3.63, 3.8) is 0 Å². The first kappa shape index (κ1) is 6.28. The molecule has 2 rings (SSSR count). The molecule has 2 heteroatoms. The highest BCUT2D eigenvalue weighted by atomic mass is 16.1. The van der Waals surface area contributed by atoms with E-state index in [-0.39, 0.29) is 5.91 Å². The molecule has 0 aliphatic carbocycles. The van der Waals surface area contributed by atoms with E-state index >= 15 is 0 Å². The molecule has 0 N–H and O–H groups in total. The van der Waals surface area contributed by atoms with Gasteiger partial charge in [0.15, 0.2) is 0 Å². The Balaban J connectivity index is 2.59. The Labute approximate surface area is 64.6 Å². The smallest absolute Gasteiger partial charge is 0.267 e. The number of benzene rings is 1. The molecule has 0 fully saturated rings. The monoisotopic (exact) mass is 144 g/mol. The Morgan fingerprint density at radius 2 is 2.18 bits per heavy atom. The van der Waals surface area contributed by atoms with E-state index in [0.29, 0.717) is 12.0 Å². The molecular weight excluding hydrogens is 138 g/mol. The number of hydrogen-bond acceptors (Lipinski definition) is 1. The van der Waals surface area contributed by atoms with Crippen molar-refractivity contribution in [2.75, 3.05) is 0 Å². The number of fused-ring (bicyclic) bond motifs is 1. The third-order valence-electron chi connectivity index (χ3n) is 1.70. The first-order chi connectivity index (χ1) is 5.38. The van der Waals surface area contributed by atoms with E-state index in [4.69, 9.17) is 0 Å². The van der Waals surface area contributed by atoms with Gasteiger partial charge in [0.05, 0.1) is 6.21 Å². The Kier molecular flexibility index (Phi) is 1.32. The van der Waals surface area contributed by atoms with Gasteiger partial charge in [-0.15, -0.1) is 0 Å². The van der Waals surface area contributed by atoms with Crippen molar-refractivity contribution < 1.29 is 4.79 Å². The molecule has 1 radical (unpaired) electrons. The third-order valence-corrected chi connectivity index (χ3v) is 1.70. The van der Waals surface area contributed by atoms with E-state index in [1.54, 1.807) is 6.07 Å². The Hall–Kier alpha value is -1.44. The number of amides is 1. The Morgan fingerprint density at radius 1 is 1.36 bits per heavy atom. The fourth-order valence-electron chi connectivity index (χ4n) is 1.14. The minimum atomic E-state index is -0.174. The molecule has 0 bridgehead atoms. The van der Waals surface area contributed by atoms with Crippen molar-refractivity contribution in [3.05, 3.63) is 35.4 Å². The SMILES string of the molecule is O=C1N=[C]Cc2ccccc21. The first-order valence-corrected chi connectivity index (χ1v) is 3.44. The quantitative estimate of drug-likeness (QED) is 0.540. The molecule has 1 aromatic carbocycles. The maximum absolute atomic E-state index is 11.1. The predicted octanol–water partition coefficient (Wildman–Crippen LogP) is 1.33. The molecule has 1 amide bonds. The van der Waals surface area contributed by atoms with Crippen LogP contribution in [0.3, 0.4) is 0 Å².